The van der Waals surface area contributed by atoms with Crippen molar-refractivity contribution in [1.82, 2.24) is 10.2 Å². The van der Waals surface area contributed by atoms with Gasteiger partial charge in [0.1, 0.15) is 0 Å². The minimum absolute atomic E-state index is 0.237. The van der Waals surface area contributed by atoms with Gasteiger partial charge in [0.2, 0.25) is 0 Å². The lowest BCUT2D eigenvalue weighted by Gasteiger charge is -2.32. The molecule has 1 saturated heterocycles. The van der Waals surface area contributed by atoms with Crippen LogP contribution in [0.1, 0.15) is 45.6 Å². The topological polar surface area (TPSA) is 15.3 Å². The minimum Gasteiger partial charge on any atom is -0.314 e. The summed E-state index contributed by atoms with van der Waals surface area (Å²) >= 11 is 0. The van der Waals surface area contributed by atoms with Crippen molar-refractivity contribution in [3.8, 4) is 0 Å². The van der Waals surface area contributed by atoms with Crippen LogP contribution >= 0.6 is 0 Å². The average Bonchev–Trinajstić information content (AvgIpc) is 2.47. The van der Waals surface area contributed by atoms with E-state index in [0.717, 1.165) is 5.92 Å². The smallest absolute Gasteiger partial charge is 0.00471 e. The van der Waals surface area contributed by atoms with Gasteiger partial charge in [-0.2, -0.15) is 0 Å². The molecule has 1 aromatic rings. The Balaban J connectivity index is 1.77. The van der Waals surface area contributed by atoms with Crippen molar-refractivity contribution in [2.75, 3.05) is 26.7 Å². The Kier molecular flexibility index (Phi) is 5.83. The van der Waals surface area contributed by atoms with Crippen LogP contribution in [0.2, 0.25) is 0 Å². The highest BCUT2D eigenvalue weighted by molar-refractivity contribution is 5.23. The Bertz CT molecular complexity index is 405. The van der Waals surface area contributed by atoms with Gasteiger partial charge in [-0.25, -0.2) is 0 Å². The van der Waals surface area contributed by atoms with E-state index in [1.54, 1.807) is 0 Å². The summed E-state index contributed by atoms with van der Waals surface area (Å²) in [6, 6.07) is 11.5. The monoisotopic (exact) mass is 288 g/mol. The van der Waals surface area contributed by atoms with E-state index >= 15 is 0 Å². The molecule has 1 aliphatic rings. The molecule has 2 rings (SSSR count). The lowest BCUT2D eigenvalue weighted by atomic mass is 9.79. The Morgan fingerprint density at radius 2 is 1.81 bits per heavy atom. The van der Waals surface area contributed by atoms with E-state index in [4.69, 9.17) is 0 Å². The molecule has 118 valence electrons. The Hall–Kier alpha value is -0.860. The molecule has 1 N–H and O–H groups in total. The Morgan fingerprint density at radius 3 is 2.43 bits per heavy atom. The number of nitrogens with zero attached hydrogens (tertiary/aromatic N) is 1. The van der Waals surface area contributed by atoms with Gasteiger partial charge < -0.3 is 10.2 Å². The normalized spacial score (nSPS) is 19.6. The summed E-state index contributed by atoms with van der Waals surface area (Å²) in [5.41, 5.74) is 1.68. The second kappa shape index (κ2) is 7.42. The fraction of sp³-hybridized carbons (Fsp3) is 0.684. The molecular weight excluding hydrogens is 256 g/mol. The molecule has 0 spiro atoms. The Morgan fingerprint density at radius 1 is 1.19 bits per heavy atom. The van der Waals surface area contributed by atoms with E-state index in [9.17, 15) is 0 Å². The highest BCUT2D eigenvalue weighted by Crippen LogP contribution is 2.28. The predicted molar refractivity (Wildman–Crippen MR) is 91.8 cm³/mol. The van der Waals surface area contributed by atoms with Crippen LogP contribution in [0, 0.1) is 5.92 Å². The lowest BCUT2D eigenvalue weighted by molar-refractivity contribution is 0.211. The van der Waals surface area contributed by atoms with E-state index in [2.05, 4.69) is 68.4 Å². The molecule has 0 radical (unpaired) electrons. The molecule has 0 aliphatic carbocycles. The van der Waals surface area contributed by atoms with Crippen LogP contribution in [-0.4, -0.2) is 37.6 Å². The predicted octanol–water partition coefficient (Wildman–Crippen LogP) is 3.67. The Labute approximate surface area is 130 Å². The first kappa shape index (κ1) is 16.5. The third kappa shape index (κ3) is 5.12. The molecule has 1 atom stereocenters. The summed E-state index contributed by atoms with van der Waals surface area (Å²) in [5, 5.41) is 3.77. The van der Waals surface area contributed by atoms with Gasteiger partial charge in [-0.1, -0.05) is 44.2 Å². The van der Waals surface area contributed by atoms with E-state index in [-0.39, 0.29) is 5.41 Å². The van der Waals surface area contributed by atoms with Crippen molar-refractivity contribution in [2.24, 2.45) is 5.92 Å². The van der Waals surface area contributed by atoms with E-state index in [1.165, 1.54) is 44.5 Å². The molecule has 0 bridgehead atoms. The van der Waals surface area contributed by atoms with Gasteiger partial charge >= 0.3 is 0 Å². The van der Waals surface area contributed by atoms with Crippen LogP contribution in [0.4, 0.5) is 0 Å². The third-order valence-corrected chi connectivity index (χ3v) is 4.96. The van der Waals surface area contributed by atoms with Crippen LogP contribution in [0.15, 0.2) is 30.3 Å². The fourth-order valence-electron chi connectivity index (χ4n) is 3.48. The fourth-order valence-corrected chi connectivity index (χ4v) is 3.48. The summed E-state index contributed by atoms with van der Waals surface area (Å²) in [6.45, 7) is 10.7. The van der Waals surface area contributed by atoms with Gasteiger partial charge in [-0.05, 0) is 69.8 Å². The van der Waals surface area contributed by atoms with Crippen LogP contribution in [-0.2, 0) is 5.41 Å². The van der Waals surface area contributed by atoms with Crippen LogP contribution < -0.4 is 5.32 Å². The van der Waals surface area contributed by atoms with Crippen molar-refractivity contribution in [2.45, 2.75) is 51.5 Å². The molecule has 1 heterocycles. The van der Waals surface area contributed by atoms with Gasteiger partial charge in [0.05, 0.1) is 0 Å². The van der Waals surface area contributed by atoms with Gasteiger partial charge in [0.15, 0.2) is 0 Å². The zero-order valence-electron chi connectivity index (χ0n) is 14.2. The number of hydrogen-bond acceptors (Lipinski definition) is 2. The summed E-state index contributed by atoms with van der Waals surface area (Å²) in [7, 11) is 2.23. The zero-order chi connectivity index (χ0) is 15.3. The van der Waals surface area contributed by atoms with E-state index < -0.39 is 0 Å². The highest BCUT2D eigenvalue weighted by Gasteiger charge is 2.24. The quantitative estimate of drug-likeness (QED) is 0.859. The molecule has 0 amide bonds. The third-order valence-electron chi connectivity index (χ3n) is 4.96. The van der Waals surface area contributed by atoms with Crippen LogP contribution in [0.3, 0.4) is 0 Å². The SMILES string of the molecule is CC(CC(C)(C)c1ccccc1)NCC1CCN(C)CC1. The van der Waals surface area contributed by atoms with E-state index in [0.29, 0.717) is 6.04 Å². The largest absolute Gasteiger partial charge is 0.314 e. The second-order valence-electron chi connectivity index (χ2n) is 7.51. The number of rotatable bonds is 6. The van der Waals surface area contributed by atoms with Gasteiger partial charge in [0.25, 0.3) is 0 Å². The van der Waals surface area contributed by atoms with Gasteiger partial charge in [-0.15, -0.1) is 0 Å². The number of likely N-dealkylation sites (tertiary alicyclic amines) is 1. The number of hydrogen-bond donors (Lipinski definition) is 1. The maximum absolute atomic E-state index is 3.77. The first-order chi connectivity index (χ1) is 9.97. The summed E-state index contributed by atoms with van der Waals surface area (Å²) in [6.07, 6.45) is 3.88. The summed E-state index contributed by atoms with van der Waals surface area (Å²) in [5.74, 6) is 0.864. The molecule has 1 aliphatic heterocycles. The minimum atomic E-state index is 0.237. The summed E-state index contributed by atoms with van der Waals surface area (Å²) in [4.78, 5) is 2.44. The molecule has 2 nitrogen and oxygen atoms in total. The molecule has 2 heteroatoms. The molecule has 21 heavy (non-hydrogen) atoms. The van der Waals surface area contributed by atoms with Crippen molar-refractivity contribution in [3.63, 3.8) is 0 Å². The average molecular weight is 288 g/mol. The van der Waals surface area contributed by atoms with Gasteiger partial charge in [-0.3, -0.25) is 0 Å². The zero-order valence-corrected chi connectivity index (χ0v) is 14.2. The molecular formula is C19H32N2. The molecule has 0 saturated carbocycles. The number of nitrogens with one attached hydrogen (secondary N) is 1. The number of piperidine rings is 1. The van der Waals surface area contributed by atoms with Crippen molar-refractivity contribution < 1.29 is 0 Å². The van der Waals surface area contributed by atoms with Crippen molar-refractivity contribution in [1.29, 1.82) is 0 Å². The van der Waals surface area contributed by atoms with Gasteiger partial charge in [0, 0.05) is 6.04 Å². The summed E-state index contributed by atoms with van der Waals surface area (Å²) < 4.78 is 0. The molecule has 1 unspecified atom stereocenters. The standard InChI is InChI=1S/C19H32N2/c1-16(20-15-17-10-12-21(4)13-11-17)14-19(2,3)18-8-6-5-7-9-18/h5-9,16-17,20H,10-15H2,1-4H3. The van der Waals surface area contributed by atoms with Crippen molar-refractivity contribution in [3.05, 3.63) is 35.9 Å². The maximum Gasteiger partial charge on any atom is 0.00471 e. The molecule has 1 fully saturated rings. The first-order valence-electron chi connectivity index (χ1n) is 8.45. The highest BCUT2D eigenvalue weighted by atomic mass is 15.1. The first-order valence-corrected chi connectivity index (χ1v) is 8.45. The lowest BCUT2D eigenvalue weighted by Crippen LogP contribution is -2.39. The number of benzene rings is 1. The molecule has 0 aromatic heterocycles. The van der Waals surface area contributed by atoms with Crippen LogP contribution in [0.25, 0.3) is 0 Å². The van der Waals surface area contributed by atoms with E-state index in [1.807, 2.05) is 0 Å². The van der Waals surface area contributed by atoms with Crippen LogP contribution in [0.5, 0.6) is 0 Å². The second-order valence-corrected chi connectivity index (χ2v) is 7.51. The maximum atomic E-state index is 3.77. The van der Waals surface area contributed by atoms with Crippen molar-refractivity contribution >= 4 is 0 Å². The molecule has 1 aromatic carbocycles.